The minimum absolute atomic E-state index is 0.0950. The van der Waals surface area contributed by atoms with Crippen molar-refractivity contribution >= 4 is 33.2 Å². The average molecular weight is 345 g/mol. The zero-order valence-corrected chi connectivity index (χ0v) is 13.9. The minimum atomic E-state index is -3.61. The van der Waals surface area contributed by atoms with Gasteiger partial charge in [-0.2, -0.15) is 0 Å². The van der Waals surface area contributed by atoms with Crippen LogP contribution in [0.2, 0.25) is 5.02 Å². The number of methoxy groups -OCH3 is 1. The molecular weight excluding hydrogens is 328 g/mol. The van der Waals surface area contributed by atoms with E-state index in [0.717, 1.165) is 0 Å². The molecule has 3 rings (SSSR count). The smallest absolute Gasteiger partial charge is 0.247 e. The summed E-state index contributed by atoms with van der Waals surface area (Å²) in [6.45, 7) is 0.469. The van der Waals surface area contributed by atoms with Crippen molar-refractivity contribution in [2.75, 3.05) is 26.0 Å². The summed E-state index contributed by atoms with van der Waals surface area (Å²) in [5, 5.41) is 3.03. The Balaban J connectivity index is 1.85. The van der Waals surface area contributed by atoms with Gasteiger partial charge < -0.3 is 10.1 Å². The quantitative estimate of drug-likeness (QED) is 0.905. The van der Waals surface area contributed by atoms with Crippen molar-refractivity contribution in [3.05, 3.63) is 23.2 Å². The van der Waals surface area contributed by atoms with Crippen LogP contribution in [0.15, 0.2) is 18.2 Å². The predicted octanol–water partition coefficient (Wildman–Crippen LogP) is 1.71. The van der Waals surface area contributed by atoms with Crippen LogP contribution in [0.1, 0.15) is 12.8 Å². The molecule has 1 aromatic carbocycles. The molecule has 1 N–H and O–H groups in total. The van der Waals surface area contributed by atoms with Gasteiger partial charge in [0.05, 0.1) is 12.1 Å². The van der Waals surface area contributed by atoms with Gasteiger partial charge in [0.2, 0.25) is 15.9 Å². The molecule has 120 valence electrons. The highest BCUT2D eigenvalue weighted by molar-refractivity contribution is 7.91. The van der Waals surface area contributed by atoms with Crippen LogP contribution in [0.5, 0.6) is 5.75 Å². The lowest BCUT2D eigenvalue weighted by Crippen LogP contribution is -2.50. The third kappa shape index (κ3) is 2.11. The third-order valence-corrected chi connectivity index (χ3v) is 7.41. The summed E-state index contributed by atoms with van der Waals surface area (Å²) < 4.78 is 30.0. The predicted molar refractivity (Wildman–Crippen MR) is 83.6 cm³/mol. The Morgan fingerprint density at radius 1 is 1.50 bits per heavy atom. The van der Waals surface area contributed by atoms with Crippen LogP contribution in [0.3, 0.4) is 0 Å². The Morgan fingerprint density at radius 2 is 2.23 bits per heavy atom. The molecule has 0 spiro atoms. The molecule has 0 bridgehead atoms. The molecule has 0 aromatic heterocycles. The highest BCUT2D eigenvalue weighted by Crippen LogP contribution is 2.56. The second-order valence-electron chi connectivity index (χ2n) is 5.71. The number of carbonyl (C=O) groups excluding carboxylic acids is 1. The summed E-state index contributed by atoms with van der Waals surface area (Å²) in [4.78, 5) is 12.6. The van der Waals surface area contributed by atoms with E-state index in [1.54, 1.807) is 18.2 Å². The van der Waals surface area contributed by atoms with Crippen molar-refractivity contribution in [1.82, 2.24) is 4.31 Å². The fraction of sp³-hybridized carbons (Fsp3) is 0.500. The second kappa shape index (κ2) is 5.11. The highest BCUT2D eigenvalue weighted by atomic mass is 35.5. The van der Waals surface area contributed by atoms with Crippen LogP contribution in [-0.4, -0.2) is 44.1 Å². The maximum Gasteiger partial charge on any atom is 0.247 e. The van der Waals surface area contributed by atoms with Gasteiger partial charge in [-0.1, -0.05) is 11.6 Å². The first-order valence-electron chi connectivity index (χ1n) is 6.94. The molecular formula is C14H17ClN2O4S. The van der Waals surface area contributed by atoms with E-state index in [2.05, 4.69) is 5.32 Å². The van der Waals surface area contributed by atoms with Gasteiger partial charge in [-0.3, -0.25) is 4.79 Å². The summed E-state index contributed by atoms with van der Waals surface area (Å²) in [7, 11) is -0.592. The van der Waals surface area contributed by atoms with Gasteiger partial charge in [0.1, 0.15) is 5.75 Å². The van der Waals surface area contributed by atoms with Gasteiger partial charge in [-0.25, -0.2) is 12.7 Å². The van der Waals surface area contributed by atoms with E-state index >= 15 is 0 Å². The summed E-state index contributed by atoms with van der Waals surface area (Å²) in [5.41, 5.74) is 0.458. The summed E-state index contributed by atoms with van der Waals surface area (Å²) in [6.07, 6.45) is 1.10. The molecule has 1 aliphatic heterocycles. The summed E-state index contributed by atoms with van der Waals surface area (Å²) in [6, 6.07) is 4.81. The first-order chi connectivity index (χ1) is 10.3. The Hall–Kier alpha value is -1.31. The van der Waals surface area contributed by atoms with Gasteiger partial charge in [-0.05, 0) is 37.0 Å². The molecule has 2 atom stereocenters. The minimum Gasteiger partial charge on any atom is -0.495 e. The van der Waals surface area contributed by atoms with Gasteiger partial charge in [-0.15, -0.1) is 0 Å². The van der Waals surface area contributed by atoms with Crippen molar-refractivity contribution in [1.29, 1.82) is 0 Å². The summed E-state index contributed by atoms with van der Waals surface area (Å²) in [5.74, 6) is -0.0835. The molecule has 6 nitrogen and oxygen atoms in total. The molecule has 22 heavy (non-hydrogen) atoms. The van der Waals surface area contributed by atoms with Crippen LogP contribution < -0.4 is 10.1 Å². The maximum absolute atomic E-state index is 12.6. The van der Waals surface area contributed by atoms with Gasteiger partial charge in [0.15, 0.2) is 4.75 Å². The topological polar surface area (TPSA) is 75.7 Å². The molecule has 1 amide bonds. The second-order valence-corrected chi connectivity index (χ2v) is 8.42. The first kappa shape index (κ1) is 15.6. The van der Waals surface area contributed by atoms with Crippen molar-refractivity contribution < 1.29 is 17.9 Å². The molecule has 1 heterocycles. The normalized spacial score (nSPS) is 29.5. The molecule has 1 aromatic rings. The maximum atomic E-state index is 12.6. The van der Waals surface area contributed by atoms with E-state index in [-0.39, 0.29) is 5.92 Å². The molecule has 8 heteroatoms. The fourth-order valence-corrected chi connectivity index (χ4v) is 5.47. The van der Waals surface area contributed by atoms with E-state index in [9.17, 15) is 13.2 Å². The van der Waals surface area contributed by atoms with Crippen LogP contribution >= 0.6 is 11.6 Å². The van der Waals surface area contributed by atoms with Crippen molar-refractivity contribution in [3.8, 4) is 5.75 Å². The zero-order chi connectivity index (χ0) is 16.1. The third-order valence-electron chi connectivity index (χ3n) is 4.51. The summed E-state index contributed by atoms with van der Waals surface area (Å²) >= 11 is 6.02. The SMILES string of the molecule is COc1ccc(NC(=O)[C@]23C[C@H]2CCN(C)S3(=O)=O)cc1Cl. The van der Waals surface area contributed by atoms with Crippen LogP contribution in [0.4, 0.5) is 5.69 Å². The Kier molecular flexibility index (Phi) is 3.62. The van der Waals surface area contributed by atoms with E-state index in [1.807, 2.05) is 0 Å². The number of nitrogens with one attached hydrogen (secondary N) is 1. The molecule has 1 saturated carbocycles. The van der Waals surface area contributed by atoms with E-state index in [0.29, 0.717) is 35.8 Å². The molecule has 2 fully saturated rings. The molecule has 1 aliphatic carbocycles. The number of anilines is 1. The fourth-order valence-electron chi connectivity index (χ4n) is 3.07. The monoisotopic (exact) mass is 344 g/mol. The van der Waals surface area contributed by atoms with E-state index in [1.165, 1.54) is 18.5 Å². The number of sulfonamides is 1. The number of amides is 1. The van der Waals surface area contributed by atoms with Gasteiger partial charge >= 0.3 is 0 Å². The Labute approximate surface area is 134 Å². The van der Waals surface area contributed by atoms with Crippen LogP contribution in [-0.2, 0) is 14.8 Å². The molecule has 0 unspecified atom stereocenters. The van der Waals surface area contributed by atoms with E-state index in [4.69, 9.17) is 16.3 Å². The lowest BCUT2D eigenvalue weighted by molar-refractivity contribution is -0.117. The number of benzene rings is 1. The number of halogens is 1. The van der Waals surface area contributed by atoms with Crippen LogP contribution in [0.25, 0.3) is 0 Å². The zero-order valence-electron chi connectivity index (χ0n) is 12.3. The van der Waals surface area contributed by atoms with Gasteiger partial charge in [0, 0.05) is 19.3 Å². The first-order valence-corrected chi connectivity index (χ1v) is 8.75. The number of hydrogen-bond acceptors (Lipinski definition) is 4. The standard InChI is InChI=1S/C14H17ClN2O4S/c1-17-6-5-9-8-14(9,22(17,19)20)13(18)16-10-3-4-12(21-2)11(15)7-10/h3-4,7,9H,5-6,8H2,1-2H3,(H,16,18)/t9-,14+/m1/s1. The molecule has 0 radical (unpaired) electrons. The van der Waals surface area contributed by atoms with Crippen molar-refractivity contribution in [2.24, 2.45) is 5.92 Å². The highest BCUT2D eigenvalue weighted by Gasteiger charge is 2.71. The average Bonchev–Trinajstić information content (AvgIpc) is 3.21. The number of fused-ring (bicyclic) bond motifs is 1. The number of nitrogens with zero attached hydrogens (tertiary/aromatic N) is 1. The number of rotatable bonds is 3. The molecule has 2 aliphatic rings. The Morgan fingerprint density at radius 3 is 2.86 bits per heavy atom. The number of hydrogen-bond donors (Lipinski definition) is 1. The Bertz CT molecular complexity index is 736. The number of carbonyl (C=O) groups is 1. The lowest BCUT2D eigenvalue weighted by atomic mass is 10.2. The van der Waals surface area contributed by atoms with E-state index < -0.39 is 20.7 Å². The van der Waals surface area contributed by atoms with Crippen molar-refractivity contribution in [2.45, 2.75) is 17.6 Å². The number of ether oxygens (including phenoxy) is 1. The lowest BCUT2D eigenvalue weighted by Gasteiger charge is -2.28. The van der Waals surface area contributed by atoms with Gasteiger partial charge in [0.25, 0.3) is 0 Å². The van der Waals surface area contributed by atoms with Crippen molar-refractivity contribution in [3.63, 3.8) is 0 Å². The largest absolute Gasteiger partial charge is 0.495 e. The molecule has 1 saturated heterocycles. The van der Waals surface area contributed by atoms with Crippen LogP contribution in [0, 0.1) is 5.92 Å².